The van der Waals surface area contributed by atoms with Crippen LogP contribution in [0.4, 0.5) is 0 Å². The zero-order valence-corrected chi connectivity index (χ0v) is 13.3. The van der Waals surface area contributed by atoms with Crippen LogP contribution in [-0.2, 0) is 10.0 Å². The number of ether oxygens (including phenoxy) is 2. The van der Waals surface area contributed by atoms with Crippen molar-refractivity contribution in [2.75, 3.05) is 27.4 Å². The lowest BCUT2D eigenvalue weighted by molar-refractivity contribution is 0.213. The Morgan fingerprint density at radius 1 is 1.29 bits per heavy atom. The number of benzene rings is 1. The van der Waals surface area contributed by atoms with E-state index in [1.165, 1.54) is 24.6 Å². The fraction of sp³-hybridized carbons (Fsp3) is 0.571. The molecule has 1 aliphatic rings. The Balaban J connectivity index is 2.49. The molecule has 1 aromatic carbocycles. The van der Waals surface area contributed by atoms with E-state index in [1.807, 2.05) is 0 Å². The monoisotopic (exact) mass is 315 g/mol. The maximum Gasteiger partial charge on any atom is 0.243 e. The van der Waals surface area contributed by atoms with Gasteiger partial charge >= 0.3 is 0 Å². The second kappa shape index (κ2) is 6.21. The zero-order valence-electron chi connectivity index (χ0n) is 12.5. The molecule has 1 fully saturated rings. The third-order valence-electron chi connectivity index (χ3n) is 3.80. The average molecular weight is 315 g/mol. The highest BCUT2D eigenvalue weighted by molar-refractivity contribution is 7.89. The molecule has 1 saturated heterocycles. The maximum atomic E-state index is 12.8. The van der Waals surface area contributed by atoms with Gasteiger partial charge in [0.2, 0.25) is 10.0 Å². The number of aliphatic hydroxyl groups is 1. The second-order valence-corrected chi connectivity index (χ2v) is 6.93. The Morgan fingerprint density at radius 2 is 1.90 bits per heavy atom. The van der Waals surface area contributed by atoms with Gasteiger partial charge in [-0.25, -0.2) is 8.42 Å². The van der Waals surface area contributed by atoms with E-state index >= 15 is 0 Å². The highest BCUT2D eigenvalue weighted by Crippen LogP contribution is 2.35. The van der Waals surface area contributed by atoms with Crippen molar-refractivity contribution in [2.45, 2.75) is 30.7 Å². The number of sulfonamides is 1. The molecule has 118 valence electrons. The number of hydrogen-bond acceptors (Lipinski definition) is 5. The fourth-order valence-corrected chi connectivity index (χ4v) is 4.58. The molecule has 0 bridgehead atoms. The van der Waals surface area contributed by atoms with Gasteiger partial charge in [-0.3, -0.25) is 0 Å². The third-order valence-corrected chi connectivity index (χ3v) is 5.90. The van der Waals surface area contributed by atoms with Crippen molar-refractivity contribution in [3.8, 4) is 11.5 Å². The van der Waals surface area contributed by atoms with Gasteiger partial charge in [-0.1, -0.05) is 0 Å². The average Bonchev–Trinajstić information content (AvgIpc) is 2.95. The van der Waals surface area contributed by atoms with Crippen molar-refractivity contribution in [3.63, 3.8) is 0 Å². The van der Waals surface area contributed by atoms with Gasteiger partial charge in [0.05, 0.1) is 25.7 Å². The number of rotatable bonds is 5. The predicted molar refractivity (Wildman–Crippen MR) is 78.3 cm³/mol. The first-order chi connectivity index (χ1) is 9.95. The lowest BCUT2D eigenvalue weighted by Gasteiger charge is -2.24. The topological polar surface area (TPSA) is 76.1 Å². The molecule has 0 amide bonds. The molecule has 1 heterocycles. The molecule has 0 radical (unpaired) electrons. The summed E-state index contributed by atoms with van der Waals surface area (Å²) in [4.78, 5) is 0.195. The Hall–Kier alpha value is -1.31. The van der Waals surface area contributed by atoms with Crippen LogP contribution in [0.1, 0.15) is 18.4 Å². The van der Waals surface area contributed by atoms with Crippen LogP contribution in [-0.4, -0.2) is 51.2 Å². The smallest absolute Gasteiger partial charge is 0.243 e. The number of methoxy groups -OCH3 is 2. The van der Waals surface area contributed by atoms with Gasteiger partial charge in [-0.05, 0) is 31.4 Å². The summed E-state index contributed by atoms with van der Waals surface area (Å²) < 4.78 is 37.4. The van der Waals surface area contributed by atoms with Crippen LogP contribution in [0.25, 0.3) is 0 Å². The Labute approximate surface area is 125 Å². The summed E-state index contributed by atoms with van der Waals surface area (Å²) in [6.45, 7) is 1.99. The fourth-order valence-electron chi connectivity index (χ4n) is 2.67. The van der Waals surface area contributed by atoms with Crippen molar-refractivity contribution >= 4 is 10.0 Å². The standard InChI is InChI=1S/C14H21NO5S/c1-10-7-12(19-2)13(20-3)8-14(10)21(17,18)15-6-4-5-11(15)9-16/h7-8,11,16H,4-6,9H2,1-3H3. The summed E-state index contributed by atoms with van der Waals surface area (Å²) in [5.41, 5.74) is 0.594. The van der Waals surface area contributed by atoms with E-state index in [-0.39, 0.29) is 17.5 Å². The molecule has 1 unspecified atom stereocenters. The van der Waals surface area contributed by atoms with Crippen LogP contribution in [0, 0.1) is 6.92 Å². The highest BCUT2D eigenvalue weighted by Gasteiger charge is 2.36. The van der Waals surface area contributed by atoms with Gasteiger partial charge in [0.1, 0.15) is 0 Å². The van der Waals surface area contributed by atoms with Crippen molar-refractivity contribution in [3.05, 3.63) is 17.7 Å². The molecule has 0 aliphatic carbocycles. The second-order valence-electron chi connectivity index (χ2n) is 5.07. The first-order valence-corrected chi connectivity index (χ1v) is 8.25. The molecule has 7 heteroatoms. The number of aryl methyl sites for hydroxylation is 1. The lowest BCUT2D eigenvalue weighted by atomic mass is 10.2. The molecular formula is C14H21NO5S. The van der Waals surface area contributed by atoms with Crippen LogP contribution in [0.5, 0.6) is 11.5 Å². The van der Waals surface area contributed by atoms with Crippen LogP contribution >= 0.6 is 0 Å². The Morgan fingerprint density at radius 3 is 2.48 bits per heavy atom. The summed E-state index contributed by atoms with van der Waals surface area (Å²) in [5, 5.41) is 9.35. The minimum Gasteiger partial charge on any atom is -0.493 e. The van der Waals surface area contributed by atoms with E-state index in [2.05, 4.69) is 0 Å². The molecular weight excluding hydrogens is 294 g/mol. The van der Waals surface area contributed by atoms with Gasteiger partial charge in [-0.2, -0.15) is 4.31 Å². The van der Waals surface area contributed by atoms with E-state index in [4.69, 9.17) is 9.47 Å². The van der Waals surface area contributed by atoms with Crippen LogP contribution in [0.3, 0.4) is 0 Å². The molecule has 21 heavy (non-hydrogen) atoms. The van der Waals surface area contributed by atoms with E-state index < -0.39 is 10.0 Å². The van der Waals surface area contributed by atoms with E-state index in [1.54, 1.807) is 13.0 Å². The lowest BCUT2D eigenvalue weighted by Crippen LogP contribution is -2.37. The van der Waals surface area contributed by atoms with E-state index in [9.17, 15) is 13.5 Å². The SMILES string of the molecule is COc1cc(C)c(S(=O)(=O)N2CCCC2CO)cc1OC. The summed E-state index contributed by atoms with van der Waals surface area (Å²) >= 11 is 0. The first-order valence-electron chi connectivity index (χ1n) is 6.81. The molecule has 1 N–H and O–H groups in total. The Bertz CT molecular complexity index is 614. The van der Waals surface area contributed by atoms with E-state index in [0.29, 0.717) is 30.0 Å². The Kier molecular flexibility index (Phi) is 4.75. The van der Waals surface area contributed by atoms with Gasteiger partial charge in [0.25, 0.3) is 0 Å². The molecule has 1 atom stereocenters. The van der Waals surface area contributed by atoms with Gasteiger partial charge in [-0.15, -0.1) is 0 Å². The first kappa shape index (κ1) is 16.1. The van der Waals surface area contributed by atoms with Crippen LogP contribution < -0.4 is 9.47 Å². The normalized spacial score (nSPS) is 19.7. The molecule has 0 aromatic heterocycles. The zero-order chi connectivity index (χ0) is 15.6. The van der Waals surface area contributed by atoms with Crippen molar-refractivity contribution < 1.29 is 23.0 Å². The number of nitrogens with zero attached hydrogens (tertiary/aromatic N) is 1. The van der Waals surface area contributed by atoms with Gasteiger partial charge < -0.3 is 14.6 Å². The third kappa shape index (κ3) is 2.86. The van der Waals surface area contributed by atoms with Crippen molar-refractivity contribution in [1.29, 1.82) is 0 Å². The van der Waals surface area contributed by atoms with Crippen molar-refractivity contribution in [1.82, 2.24) is 4.31 Å². The minimum absolute atomic E-state index is 0.161. The summed E-state index contributed by atoms with van der Waals surface area (Å²) in [5.74, 6) is 0.871. The molecule has 0 saturated carbocycles. The number of hydrogen-bond donors (Lipinski definition) is 1. The molecule has 1 aromatic rings. The van der Waals surface area contributed by atoms with E-state index in [0.717, 1.165) is 6.42 Å². The largest absolute Gasteiger partial charge is 0.493 e. The predicted octanol–water partition coefficient (Wildman–Crippen LogP) is 1.16. The van der Waals surface area contributed by atoms with Gasteiger partial charge in [0.15, 0.2) is 11.5 Å². The minimum atomic E-state index is -3.65. The summed E-state index contributed by atoms with van der Waals surface area (Å²) in [7, 11) is -0.675. The summed E-state index contributed by atoms with van der Waals surface area (Å²) in [6.07, 6.45) is 1.44. The maximum absolute atomic E-state index is 12.8. The summed E-state index contributed by atoms with van der Waals surface area (Å²) in [6, 6.07) is 2.79. The molecule has 6 nitrogen and oxygen atoms in total. The molecule has 0 spiro atoms. The van der Waals surface area contributed by atoms with Crippen LogP contribution in [0.15, 0.2) is 17.0 Å². The number of aliphatic hydroxyl groups excluding tert-OH is 1. The molecule has 2 rings (SSSR count). The van der Waals surface area contributed by atoms with Gasteiger partial charge in [0, 0.05) is 18.7 Å². The highest BCUT2D eigenvalue weighted by atomic mass is 32.2. The van der Waals surface area contributed by atoms with Crippen LogP contribution in [0.2, 0.25) is 0 Å². The molecule has 1 aliphatic heterocycles. The quantitative estimate of drug-likeness (QED) is 0.882. The van der Waals surface area contributed by atoms with Crippen molar-refractivity contribution in [2.24, 2.45) is 0 Å².